The lowest BCUT2D eigenvalue weighted by Crippen LogP contribution is -2.04. The van der Waals surface area contributed by atoms with Crippen LogP contribution < -0.4 is 0 Å². The summed E-state index contributed by atoms with van der Waals surface area (Å²) in [5.74, 6) is 1.25. The fourth-order valence-electron chi connectivity index (χ4n) is 2.21. The standard InChI is InChI=1S/C14H11Cl3N2S/c15-8-14-18-11-7-9(16)1-3-12(11)19(14)6-5-10-2-4-13(17)20-10/h1-4,7H,5-6,8H2. The van der Waals surface area contributed by atoms with E-state index in [1.54, 1.807) is 11.3 Å². The normalized spacial score (nSPS) is 11.3. The second-order valence-corrected chi connectivity index (χ2v) is 6.91. The molecular weight excluding hydrogens is 335 g/mol. The van der Waals surface area contributed by atoms with Crippen LogP contribution in [0.2, 0.25) is 9.36 Å². The van der Waals surface area contributed by atoms with Crippen molar-refractivity contribution in [3.05, 3.63) is 50.4 Å². The highest BCUT2D eigenvalue weighted by Crippen LogP contribution is 2.25. The summed E-state index contributed by atoms with van der Waals surface area (Å²) in [6.07, 6.45) is 0.912. The number of aryl methyl sites for hydroxylation is 2. The zero-order chi connectivity index (χ0) is 14.1. The van der Waals surface area contributed by atoms with Gasteiger partial charge in [0, 0.05) is 16.4 Å². The lowest BCUT2D eigenvalue weighted by molar-refractivity contribution is 0.693. The zero-order valence-corrected chi connectivity index (χ0v) is 13.5. The second-order valence-electron chi connectivity index (χ2n) is 4.40. The zero-order valence-electron chi connectivity index (χ0n) is 10.4. The summed E-state index contributed by atoms with van der Waals surface area (Å²) in [5.41, 5.74) is 1.95. The molecule has 3 rings (SSSR count). The minimum atomic E-state index is 0.386. The summed E-state index contributed by atoms with van der Waals surface area (Å²) in [6.45, 7) is 0.830. The van der Waals surface area contributed by atoms with Gasteiger partial charge in [0.2, 0.25) is 0 Å². The highest BCUT2D eigenvalue weighted by atomic mass is 35.5. The Kier molecular flexibility index (Phi) is 4.22. The van der Waals surface area contributed by atoms with Crippen LogP contribution in [0.4, 0.5) is 0 Å². The molecule has 3 aromatic rings. The average molecular weight is 346 g/mol. The van der Waals surface area contributed by atoms with Gasteiger partial charge in [0.1, 0.15) is 5.82 Å². The van der Waals surface area contributed by atoms with E-state index in [2.05, 4.69) is 15.6 Å². The fourth-order valence-corrected chi connectivity index (χ4v) is 3.66. The third kappa shape index (κ3) is 2.82. The first-order valence-electron chi connectivity index (χ1n) is 6.12. The molecule has 0 aliphatic heterocycles. The molecule has 2 heterocycles. The van der Waals surface area contributed by atoms with E-state index in [9.17, 15) is 0 Å². The minimum absolute atomic E-state index is 0.386. The summed E-state index contributed by atoms with van der Waals surface area (Å²) in [5, 5.41) is 0.688. The molecule has 0 spiro atoms. The van der Waals surface area contributed by atoms with E-state index in [4.69, 9.17) is 34.8 Å². The largest absolute Gasteiger partial charge is 0.327 e. The monoisotopic (exact) mass is 344 g/mol. The molecule has 2 aromatic heterocycles. The fraction of sp³-hybridized carbons (Fsp3) is 0.214. The number of alkyl halides is 1. The first kappa shape index (κ1) is 14.2. The quantitative estimate of drug-likeness (QED) is 0.580. The van der Waals surface area contributed by atoms with Crippen molar-refractivity contribution in [1.29, 1.82) is 0 Å². The van der Waals surface area contributed by atoms with Crippen LogP contribution in [-0.4, -0.2) is 9.55 Å². The van der Waals surface area contributed by atoms with Gasteiger partial charge in [-0.3, -0.25) is 0 Å². The van der Waals surface area contributed by atoms with Crippen LogP contribution in [0.25, 0.3) is 11.0 Å². The highest BCUT2D eigenvalue weighted by Gasteiger charge is 2.10. The van der Waals surface area contributed by atoms with Crippen LogP contribution in [0.1, 0.15) is 10.7 Å². The Bertz CT molecular complexity index is 748. The Labute approximate surface area is 135 Å². The lowest BCUT2D eigenvalue weighted by atomic mass is 10.3. The van der Waals surface area contributed by atoms with E-state index >= 15 is 0 Å². The number of benzene rings is 1. The van der Waals surface area contributed by atoms with E-state index in [1.165, 1.54) is 4.88 Å². The van der Waals surface area contributed by atoms with E-state index in [1.807, 2.05) is 24.3 Å². The molecule has 0 saturated carbocycles. The van der Waals surface area contributed by atoms with Gasteiger partial charge in [0.15, 0.2) is 0 Å². The average Bonchev–Trinajstić information content (AvgIpc) is 2.99. The molecule has 0 fully saturated rings. The van der Waals surface area contributed by atoms with Gasteiger partial charge in [0.05, 0.1) is 21.2 Å². The van der Waals surface area contributed by atoms with Gasteiger partial charge in [-0.15, -0.1) is 22.9 Å². The van der Waals surface area contributed by atoms with Crippen molar-refractivity contribution >= 4 is 57.2 Å². The van der Waals surface area contributed by atoms with Gasteiger partial charge in [-0.25, -0.2) is 4.98 Å². The van der Waals surface area contributed by atoms with Crippen LogP contribution >= 0.6 is 46.1 Å². The Hall–Kier alpha value is -0.740. The second kappa shape index (κ2) is 5.94. The third-order valence-corrected chi connectivity index (χ3v) is 4.88. The Morgan fingerprint density at radius 3 is 2.70 bits per heavy atom. The van der Waals surface area contributed by atoms with Crippen molar-refractivity contribution in [1.82, 2.24) is 9.55 Å². The molecule has 6 heteroatoms. The predicted octanol–water partition coefficient (Wildman–Crippen LogP) is 5.39. The van der Waals surface area contributed by atoms with Crippen molar-refractivity contribution in [3.8, 4) is 0 Å². The Balaban J connectivity index is 1.93. The Morgan fingerprint density at radius 1 is 1.15 bits per heavy atom. The number of hydrogen-bond donors (Lipinski definition) is 0. The maximum absolute atomic E-state index is 6.00. The van der Waals surface area contributed by atoms with Crippen molar-refractivity contribution in [2.45, 2.75) is 18.8 Å². The maximum atomic E-state index is 6.00. The number of thiophene rings is 1. The molecule has 0 aliphatic rings. The van der Waals surface area contributed by atoms with Gasteiger partial charge in [-0.1, -0.05) is 23.2 Å². The molecule has 0 aliphatic carbocycles. The summed E-state index contributed by atoms with van der Waals surface area (Å²) >= 11 is 19.6. The molecule has 0 saturated heterocycles. The lowest BCUT2D eigenvalue weighted by Gasteiger charge is -2.06. The number of hydrogen-bond acceptors (Lipinski definition) is 2. The van der Waals surface area contributed by atoms with Crippen molar-refractivity contribution < 1.29 is 0 Å². The molecule has 104 valence electrons. The molecule has 0 amide bonds. The first-order chi connectivity index (χ1) is 9.67. The van der Waals surface area contributed by atoms with E-state index in [0.717, 1.165) is 34.2 Å². The SMILES string of the molecule is ClCc1nc2cc(Cl)ccc2n1CCc1ccc(Cl)s1. The van der Waals surface area contributed by atoms with Crippen molar-refractivity contribution in [2.24, 2.45) is 0 Å². The van der Waals surface area contributed by atoms with Crippen LogP contribution in [0.15, 0.2) is 30.3 Å². The number of aromatic nitrogens is 2. The molecule has 0 N–H and O–H groups in total. The molecule has 0 unspecified atom stereocenters. The van der Waals surface area contributed by atoms with Gasteiger partial charge >= 0.3 is 0 Å². The molecule has 0 bridgehead atoms. The summed E-state index contributed by atoms with van der Waals surface area (Å²) < 4.78 is 2.96. The van der Waals surface area contributed by atoms with Crippen LogP contribution in [0.5, 0.6) is 0 Å². The number of nitrogens with zero attached hydrogens (tertiary/aromatic N) is 2. The topological polar surface area (TPSA) is 17.8 Å². The number of halogens is 3. The van der Waals surface area contributed by atoms with Crippen molar-refractivity contribution in [3.63, 3.8) is 0 Å². The molecule has 1 aromatic carbocycles. The van der Waals surface area contributed by atoms with E-state index < -0.39 is 0 Å². The summed E-state index contributed by atoms with van der Waals surface area (Å²) in [4.78, 5) is 5.79. The number of fused-ring (bicyclic) bond motifs is 1. The first-order valence-corrected chi connectivity index (χ1v) is 8.23. The van der Waals surface area contributed by atoms with E-state index in [-0.39, 0.29) is 0 Å². The minimum Gasteiger partial charge on any atom is -0.327 e. The molecule has 20 heavy (non-hydrogen) atoms. The van der Waals surface area contributed by atoms with Gasteiger partial charge in [0.25, 0.3) is 0 Å². The predicted molar refractivity (Wildman–Crippen MR) is 87.3 cm³/mol. The summed E-state index contributed by atoms with van der Waals surface area (Å²) in [6, 6.07) is 9.72. The third-order valence-electron chi connectivity index (χ3n) is 3.12. The van der Waals surface area contributed by atoms with Gasteiger partial charge in [-0.05, 0) is 36.8 Å². The molecule has 0 radical (unpaired) electrons. The number of imidazole rings is 1. The van der Waals surface area contributed by atoms with Crippen LogP contribution in [-0.2, 0) is 18.8 Å². The van der Waals surface area contributed by atoms with Crippen molar-refractivity contribution in [2.75, 3.05) is 0 Å². The summed E-state index contributed by atoms with van der Waals surface area (Å²) in [7, 11) is 0. The van der Waals surface area contributed by atoms with Gasteiger partial charge in [-0.2, -0.15) is 0 Å². The van der Waals surface area contributed by atoms with Crippen LogP contribution in [0, 0.1) is 0 Å². The number of rotatable bonds is 4. The molecular formula is C14H11Cl3N2S. The van der Waals surface area contributed by atoms with Gasteiger partial charge < -0.3 is 4.57 Å². The maximum Gasteiger partial charge on any atom is 0.124 e. The molecule has 0 atom stereocenters. The highest BCUT2D eigenvalue weighted by molar-refractivity contribution is 7.16. The van der Waals surface area contributed by atoms with Crippen LogP contribution in [0.3, 0.4) is 0 Å². The smallest absolute Gasteiger partial charge is 0.124 e. The van der Waals surface area contributed by atoms with E-state index in [0.29, 0.717) is 10.9 Å². The molecule has 2 nitrogen and oxygen atoms in total. The Morgan fingerprint density at radius 2 is 2.00 bits per heavy atom.